The Kier molecular flexibility index (Phi) is 4.09. The molecule has 1 aliphatic heterocycles. The fraction of sp³-hybridized carbons (Fsp3) is 0.571. The predicted octanol–water partition coefficient (Wildman–Crippen LogP) is 1.49. The van der Waals surface area contributed by atoms with Crippen LogP contribution in [0, 0.1) is 0 Å². The van der Waals surface area contributed by atoms with E-state index in [0.29, 0.717) is 17.8 Å². The maximum Gasteiger partial charge on any atom is 0.0702 e. The molecule has 4 nitrogen and oxygen atoms in total. The average molecular weight is 249 g/mol. The van der Waals surface area contributed by atoms with Crippen molar-refractivity contribution < 1.29 is 5.11 Å². The van der Waals surface area contributed by atoms with Gasteiger partial charge in [0.05, 0.1) is 6.61 Å². The van der Waals surface area contributed by atoms with Crippen molar-refractivity contribution in [2.24, 2.45) is 0 Å². The minimum Gasteiger partial charge on any atom is -0.398 e. The van der Waals surface area contributed by atoms with Crippen LogP contribution in [0.3, 0.4) is 0 Å². The van der Waals surface area contributed by atoms with Gasteiger partial charge in [-0.15, -0.1) is 0 Å². The van der Waals surface area contributed by atoms with Crippen LogP contribution < -0.4 is 16.4 Å². The third-order valence-corrected chi connectivity index (χ3v) is 3.43. The molecule has 5 N–H and O–H groups in total. The van der Waals surface area contributed by atoms with Crippen LogP contribution in [-0.2, 0) is 13.0 Å². The second-order valence-electron chi connectivity index (χ2n) is 5.31. The van der Waals surface area contributed by atoms with Crippen molar-refractivity contribution in [3.63, 3.8) is 0 Å². The van der Waals surface area contributed by atoms with Crippen molar-refractivity contribution in [3.05, 3.63) is 23.3 Å². The van der Waals surface area contributed by atoms with E-state index in [-0.39, 0.29) is 6.61 Å². The maximum atomic E-state index is 9.21. The van der Waals surface area contributed by atoms with Gasteiger partial charge in [-0.2, -0.15) is 0 Å². The van der Waals surface area contributed by atoms with Gasteiger partial charge in [0.1, 0.15) is 0 Å². The Morgan fingerprint density at radius 3 is 2.94 bits per heavy atom. The van der Waals surface area contributed by atoms with E-state index in [1.807, 2.05) is 12.1 Å². The molecule has 18 heavy (non-hydrogen) atoms. The molecule has 1 atom stereocenters. The van der Waals surface area contributed by atoms with Crippen molar-refractivity contribution in [1.82, 2.24) is 5.32 Å². The number of anilines is 2. The molecule has 0 aromatic heterocycles. The van der Waals surface area contributed by atoms with Gasteiger partial charge < -0.3 is 21.5 Å². The van der Waals surface area contributed by atoms with Crippen LogP contribution in [-0.4, -0.2) is 23.7 Å². The summed E-state index contributed by atoms with van der Waals surface area (Å²) >= 11 is 0. The van der Waals surface area contributed by atoms with E-state index in [2.05, 4.69) is 24.5 Å². The predicted molar refractivity (Wildman–Crippen MR) is 75.6 cm³/mol. The highest BCUT2D eigenvalue weighted by Crippen LogP contribution is 2.29. The number of hydrogen-bond donors (Lipinski definition) is 4. The zero-order chi connectivity index (χ0) is 13.1. The monoisotopic (exact) mass is 249 g/mol. The van der Waals surface area contributed by atoms with Crippen molar-refractivity contribution in [3.8, 4) is 0 Å². The third kappa shape index (κ3) is 2.94. The van der Waals surface area contributed by atoms with Gasteiger partial charge in [0.25, 0.3) is 0 Å². The summed E-state index contributed by atoms with van der Waals surface area (Å²) < 4.78 is 0. The molecule has 1 aromatic carbocycles. The Morgan fingerprint density at radius 2 is 2.28 bits per heavy atom. The van der Waals surface area contributed by atoms with Gasteiger partial charge in [0.2, 0.25) is 0 Å². The fourth-order valence-corrected chi connectivity index (χ4v) is 2.34. The quantitative estimate of drug-likeness (QED) is 0.610. The summed E-state index contributed by atoms with van der Waals surface area (Å²) in [5.74, 6) is 0. The van der Waals surface area contributed by atoms with E-state index in [1.54, 1.807) is 0 Å². The number of fused-ring (bicyclic) bond motifs is 1. The average Bonchev–Trinajstić information content (AvgIpc) is 2.35. The molecule has 0 aliphatic carbocycles. The van der Waals surface area contributed by atoms with Crippen molar-refractivity contribution in [2.45, 2.75) is 45.4 Å². The Hall–Kier alpha value is -1.26. The second-order valence-corrected chi connectivity index (χ2v) is 5.31. The van der Waals surface area contributed by atoms with Gasteiger partial charge >= 0.3 is 0 Å². The zero-order valence-electron chi connectivity index (χ0n) is 11.2. The first-order chi connectivity index (χ1) is 8.60. The smallest absolute Gasteiger partial charge is 0.0702 e. The summed E-state index contributed by atoms with van der Waals surface area (Å²) in [6.07, 6.45) is 2.15. The summed E-state index contributed by atoms with van der Waals surface area (Å²) in [6.45, 7) is 5.29. The van der Waals surface area contributed by atoms with Crippen LogP contribution in [0.5, 0.6) is 0 Å². The van der Waals surface area contributed by atoms with E-state index in [4.69, 9.17) is 5.73 Å². The molecule has 0 amide bonds. The normalized spacial score (nSPS) is 18.6. The van der Waals surface area contributed by atoms with Crippen LogP contribution in [0.1, 0.15) is 31.4 Å². The van der Waals surface area contributed by atoms with Crippen LogP contribution in [0.2, 0.25) is 0 Å². The lowest BCUT2D eigenvalue weighted by Gasteiger charge is -2.29. The molecule has 1 heterocycles. The number of nitrogens with one attached hydrogen (secondary N) is 2. The highest BCUT2D eigenvalue weighted by Gasteiger charge is 2.18. The minimum absolute atomic E-state index is 0.0114. The summed E-state index contributed by atoms with van der Waals surface area (Å²) in [5.41, 5.74) is 9.78. The SMILES string of the molecule is CC(C)NCC1CCc2cc(CO)c(N)cc2N1. The van der Waals surface area contributed by atoms with Crippen LogP contribution in [0.15, 0.2) is 12.1 Å². The van der Waals surface area contributed by atoms with Gasteiger partial charge in [-0.05, 0) is 30.5 Å². The highest BCUT2D eigenvalue weighted by molar-refractivity contribution is 5.64. The number of hydrogen-bond acceptors (Lipinski definition) is 4. The summed E-state index contributed by atoms with van der Waals surface area (Å²) in [4.78, 5) is 0. The summed E-state index contributed by atoms with van der Waals surface area (Å²) in [7, 11) is 0. The van der Waals surface area contributed by atoms with Gasteiger partial charge in [-0.3, -0.25) is 0 Å². The van der Waals surface area contributed by atoms with Gasteiger partial charge in [-0.1, -0.05) is 13.8 Å². The maximum absolute atomic E-state index is 9.21. The van der Waals surface area contributed by atoms with E-state index in [0.717, 1.165) is 30.6 Å². The molecule has 1 unspecified atom stereocenters. The first kappa shape index (κ1) is 13.2. The standard InChI is InChI=1S/C14H23N3O/c1-9(2)16-7-12-4-3-10-5-11(8-18)13(15)6-14(10)17-12/h5-6,9,12,16-18H,3-4,7-8,15H2,1-2H3. The van der Waals surface area contributed by atoms with E-state index >= 15 is 0 Å². The van der Waals surface area contributed by atoms with Gasteiger partial charge in [0.15, 0.2) is 0 Å². The molecule has 2 rings (SSSR count). The lowest BCUT2D eigenvalue weighted by Crippen LogP contribution is -2.38. The van der Waals surface area contributed by atoms with Crippen molar-refractivity contribution >= 4 is 11.4 Å². The number of aliphatic hydroxyl groups is 1. The molecule has 100 valence electrons. The Labute approximate surface area is 109 Å². The molecule has 4 heteroatoms. The number of benzene rings is 1. The zero-order valence-corrected chi connectivity index (χ0v) is 11.2. The number of aryl methyl sites for hydroxylation is 1. The van der Waals surface area contributed by atoms with Crippen LogP contribution in [0.4, 0.5) is 11.4 Å². The summed E-state index contributed by atoms with van der Waals surface area (Å²) in [6, 6.07) is 4.93. The first-order valence-corrected chi connectivity index (χ1v) is 6.62. The number of nitrogen functional groups attached to an aromatic ring is 1. The lowest BCUT2D eigenvalue weighted by atomic mass is 9.95. The van der Waals surface area contributed by atoms with Crippen LogP contribution >= 0.6 is 0 Å². The summed E-state index contributed by atoms with van der Waals surface area (Å²) in [5, 5.41) is 16.2. The highest BCUT2D eigenvalue weighted by atomic mass is 16.3. The molecule has 0 saturated carbocycles. The number of rotatable bonds is 4. The van der Waals surface area contributed by atoms with Crippen molar-refractivity contribution in [2.75, 3.05) is 17.6 Å². The second kappa shape index (κ2) is 5.59. The third-order valence-electron chi connectivity index (χ3n) is 3.43. The molecule has 0 bridgehead atoms. The van der Waals surface area contributed by atoms with E-state index < -0.39 is 0 Å². The van der Waals surface area contributed by atoms with Crippen LogP contribution in [0.25, 0.3) is 0 Å². The molecule has 0 spiro atoms. The molecule has 0 fully saturated rings. The molecule has 0 radical (unpaired) electrons. The molecular formula is C14H23N3O. The molecular weight excluding hydrogens is 226 g/mol. The Morgan fingerprint density at radius 1 is 1.50 bits per heavy atom. The number of aliphatic hydroxyl groups excluding tert-OH is 1. The van der Waals surface area contributed by atoms with Crippen molar-refractivity contribution in [1.29, 1.82) is 0 Å². The largest absolute Gasteiger partial charge is 0.398 e. The Balaban J connectivity index is 2.07. The number of nitrogens with two attached hydrogens (primary N) is 1. The first-order valence-electron chi connectivity index (χ1n) is 6.62. The van der Waals surface area contributed by atoms with Gasteiger partial charge in [-0.25, -0.2) is 0 Å². The molecule has 1 aliphatic rings. The Bertz CT molecular complexity index is 418. The van der Waals surface area contributed by atoms with E-state index in [9.17, 15) is 5.11 Å². The fourth-order valence-electron chi connectivity index (χ4n) is 2.34. The topological polar surface area (TPSA) is 70.3 Å². The minimum atomic E-state index is 0.0114. The molecule has 0 saturated heterocycles. The van der Waals surface area contributed by atoms with Gasteiger partial charge in [0, 0.05) is 35.6 Å². The lowest BCUT2D eigenvalue weighted by molar-refractivity contribution is 0.282. The molecule has 1 aromatic rings. The van der Waals surface area contributed by atoms with E-state index in [1.165, 1.54) is 5.56 Å².